The van der Waals surface area contributed by atoms with E-state index in [1.54, 1.807) is 0 Å². The Kier molecular flexibility index (Phi) is 5.38. The molecule has 4 saturated carbocycles. The van der Waals surface area contributed by atoms with Crippen LogP contribution in [0, 0.1) is 52.3 Å². The number of hydrogen-bond donors (Lipinski definition) is 3. The van der Waals surface area contributed by atoms with Gasteiger partial charge in [-0.2, -0.15) is 0 Å². The summed E-state index contributed by atoms with van der Waals surface area (Å²) < 4.78 is 22.9. The molecule has 0 aliphatic heterocycles. The molecule has 12 atom stereocenters. The van der Waals surface area contributed by atoms with Gasteiger partial charge in [0.2, 0.25) is 0 Å². The van der Waals surface area contributed by atoms with E-state index in [0.29, 0.717) is 29.6 Å². The van der Waals surface area contributed by atoms with E-state index >= 15 is 0 Å². The number of aliphatic hydroxyl groups excluding tert-OH is 3. The molecule has 0 aromatic rings. The highest BCUT2D eigenvalue weighted by Gasteiger charge is 2.65. The summed E-state index contributed by atoms with van der Waals surface area (Å²) in [7, 11) is 0. The topological polar surface area (TPSA) is 60.7 Å². The molecule has 0 bridgehead atoms. The van der Waals surface area contributed by atoms with Crippen molar-refractivity contribution in [3.8, 4) is 0 Å². The average Bonchev–Trinajstić information content (AvgIpc) is 3.08. The molecule has 0 saturated heterocycles. The zero-order valence-corrected chi connectivity index (χ0v) is 19.7. The van der Waals surface area contributed by atoms with Gasteiger partial charge in [-0.05, 0) is 97.2 Å². The van der Waals surface area contributed by atoms with Crippen LogP contribution in [0.5, 0.6) is 0 Å². The second-order valence-corrected chi connectivity index (χ2v) is 12.3. The maximum atomic E-state index is 11.7. The van der Waals surface area contributed by atoms with Gasteiger partial charge in [0.1, 0.15) is 0 Å². The molecule has 174 valence electrons. The first-order valence-electron chi connectivity index (χ1n) is 14.3. The second kappa shape index (κ2) is 8.34. The fourth-order valence-electron chi connectivity index (χ4n) is 9.08. The van der Waals surface area contributed by atoms with Crippen LogP contribution in [0.15, 0.2) is 0 Å². The van der Waals surface area contributed by atoms with Crippen molar-refractivity contribution in [1.29, 1.82) is 0 Å². The minimum absolute atomic E-state index is 0.112. The SMILES string of the molecule is [2H]C([2H])([2H])[C@H](C)CCC[C@@H](C)[C@H]1CC[C@H]2[C@@H]3[C@H](O)C[C@@H]4C[C@H](O)CC[C@]4(C)[C@H]3C[C@H](O)[C@]12C. The largest absolute Gasteiger partial charge is 0.393 e. The molecular weight excluding hydrogens is 372 g/mol. The predicted octanol–water partition coefficient (Wildman–Crippen LogP) is 5.41. The minimum Gasteiger partial charge on any atom is -0.393 e. The predicted molar refractivity (Wildman–Crippen MR) is 122 cm³/mol. The molecule has 0 heterocycles. The Morgan fingerprint density at radius 2 is 1.73 bits per heavy atom. The van der Waals surface area contributed by atoms with E-state index in [4.69, 9.17) is 4.11 Å². The van der Waals surface area contributed by atoms with Crippen molar-refractivity contribution in [2.75, 3.05) is 0 Å². The molecule has 0 unspecified atom stereocenters. The third-order valence-corrected chi connectivity index (χ3v) is 10.8. The Hall–Kier alpha value is -0.120. The summed E-state index contributed by atoms with van der Waals surface area (Å²) >= 11 is 0. The highest BCUT2D eigenvalue weighted by atomic mass is 16.3. The lowest BCUT2D eigenvalue weighted by molar-refractivity contribution is -0.207. The zero-order chi connectivity index (χ0) is 24.3. The van der Waals surface area contributed by atoms with E-state index in [2.05, 4.69) is 20.8 Å². The van der Waals surface area contributed by atoms with Crippen molar-refractivity contribution in [2.24, 2.45) is 52.3 Å². The van der Waals surface area contributed by atoms with Crippen LogP contribution in [0.1, 0.15) is 103 Å². The zero-order valence-electron chi connectivity index (χ0n) is 22.7. The number of fused-ring (bicyclic) bond motifs is 5. The summed E-state index contributed by atoms with van der Waals surface area (Å²) in [5, 5.41) is 33.3. The summed E-state index contributed by atoms with van der Waals surface area (Å²) in [6, 6.07) is 0. The molecule has 0 amide bonds. The van der Waals surface area contributed by atoms with Crippen LogP contribution in [0.25, 0.3) is 0 Å². The quantitative estimate of drug-likeness (QED) is 0.554. The molecule has 4 aliphatic rings. The van der Waals surface area contributed by atoms with Gasteiger partial charge >= 0.3 is 0 Å². The summed E-state index contributed by atoms with van der Waals surface area (Å²) in [5.74, 6) is 1.89. The average molecular weight is 424 g/mol. The third-order valence-electron chi connectivity index (χ3n) is 10.8. The summed E-state index contributed by atoms with van der Waals surface area (Å²) in [6.07, 6.45) is 8.13. The van der Waals surface area contributed by atoms with Crippen LogP contribution in [0.2, 0.25) is 0 Å². The fraction of sp³-hybridized carbons (Fsp3) is 1.00. The summed E-state index contributed by atoms with van der Waals surface area (Å²) in [6.45, 7) is 6.93. The van der Waals surface area contributed by atoms with Gasteiger partial charge in [-0.3, -0.25) is 0 Å². The minimum atomic E-state index is -1.87. The van der Waals surface area contributed by atoms with Crippen LogP contribution in [0.3, 0.4) is 0 Å². The van der Waals surface area contributed by atoms with Crippen LogP contribution in [0.4, 0.5) is 0 Å². The van der Waals surface area contributed by atoms with E-state index in [0.717, 1.165) is 64.2 Å². The Bertz CT molecular complexity index is 699. The Labute approximate surface area is 189 Å². The highest BCUT2D eigenvalue weighted by molar-refractivity contribution is 5.14. The van der Waals surface area contributed by atoms with Gasteiger partial charge < -0.3 is 15.3 Å². The first-order valence-corrected chi connectivity index (χ1v) is 12.8. The van der Waals surface area contributed by atoms with Crippen molar-refractivity contribution in [1.82, 2.24) is 0 Å². The van der Waals surface area contributed by atoms with Crippen molar-refractivity contribution in [3.05, 3.63) is 0 Å². The lowest BCUT2D eigenvalue weighted by Crippen LogP contribution is -2.62. The Morgan fingerprint density at radius 1 is 0.967 bits per heavy atom. The van der Waals surface area contributed by atoms with Crippen molar-refractivity contribution >= 4 is 0 Å². The molecule has 0 aromatic carbocycles. The van der Waals surface area contributed by atoms with E-state index in [9.17, 15) is 15.3 Å². The van der Waals surface area contributed by atoms with Gasteiger partial charge in [-0.25, -0.2) is 0 Å². The molecule has 3 nitrogen and oxygen atoms in total. The van der Waals surface area contributed by atoms with Crippen LogP contribution in [-0.2, 0) is 0 Å². The molecule has 3 N–H and O–H groups in total. The summed E-state index contributed by atoms with van der Waals surface area (Å²) in [5.41, 5.74) is -0.0604. The van der Waals surface area contributed by atoms with Gasteiger partial charge in [0.25, 0.3) is 0 Å². The fourth-order valence-corrected chi connectivity index (χ4v) is 9.08. The third kappa shape index (κ3) is 3.59. The molecule has 4 aliphatic carbocycles. The second-order valence-electron chi connectivity index (χ2n) is 12.3. The number of rotatable bonds is 5. The maximum absolute atomic E-state index is 11.7. The van der Waals surface area contributed by atoms with Gasteiger partial charge in [0, 0.05) is 4.11 Å². The number of aliphatic hydroxyl groups is 3. The molecule has 30 heavy (non-hydrogen) atoms. The first-order chi connectivity index (χ1) is 15.3. The lowest BCUT2D eigenvalue weighted by atomic mass is 9.43. The normalized spacial score (nSPS) is 54.7. The van der Waals surface area contributed by atoms with E-state index in [1.165, 1.54) is 0 Å². The van der Waals surface area contributed by atoms with Gasteiger partial charge in [-0.15, -0.1) is 0 Å². The maximum Gasteiger partial charge on any atom is 0.0602 e. The molecule has 0 spiro atoms. The van der Waals surface area contributed by atoms with E-state index < -0.39 is 6.85 Å². The molecule has 0 aromatic heterocycles. The van der Waals surface area contributed by atoms with Crippen LogP contribution < -0.4 is 0 Å². The van der Waals surface area contributed by atoms with Gasteiger partial charge in [0.05, 0.1) is 18.3 Å². The monoisotopic (exact) mass is 423 g/mol. The van der Waals surface area contributed by atoms with Crippen molar-refractivity contribution in [2.45, 2.75) is 117 Å². The van der Waals surface area contributed by atoms with Gasteiger partial charge in [-0.1, -0.05) is 53.8 Å². The number of hydrogen-bond acceptors (Lipinski definition) is 3. The lowest BCUT2D eigenvalue weighted by Gasteiger charge is -2.63. The molecule has 3 heteroatoms. The summed E-state index contributed by atoms with van der Waals surface area (Å²) in [4.78, 5) is 0. The van der Waals surface area contributed by atoms with Crippen molar-refractivity contribution in [3.63, 3.8) is 0 Å². The van der Waals surface area contributed by atoms with E-state index in [-0.39, 0.29) is 41.0 Å². The Balaban J connectivity index is 1.49. The van der Waals surface area contributed by atoms with Crippen LogP contribution in [-0.4, -0.2) is 33.6 Å². The highest BCUT2D eigenvalue weighted by Crippen LogP contribution is 2.68. The molecule has 4 fully saturated rings. The van der Waals surface area contributed by atoms with Crippen molar-refractivity contribution < 1.29 is 19.4 Å². The van der Waals surface area contributed by atoms with E-state index in [1.807, 2.05) is 6.92 Å². The first kappa shape index (κ1) is 19.4. The molecular formula is C27H48O3. The van der Waals surface area contributed by atoms with Crippen LogP contribution >= 0.6 is 0 Å². The molecule has 4 rings (SSSR count). The standard InChI is InChI=1S/C27H48O3/c1-16(2)7-6-8-17(3)20-9-10-21-25-22(15-24(30)27(20,21)5)26(4)12-11-19(28)13-18(26)14-23(25)29/h16-25,28-30H,6-15H2,1-5H3/t17-,18+,19-,20-,21+,22+,23-,24+,25+,26+,27-/m1/s1/i1D3/t16-,17-,18+,19-,20-,21+,22+,23-,24+,25+,26+,27-. The molecule has 0 radical (unpaired) electrons. The Morgan fingerprint density at radius 3 is 2.47 bits per heavy atom. The smallest absolute Gasteiger partial charge is 0.0602 e. The van der Waals surface area contributed by atoms with Gasteiger partial charge in [0.15, 0.2) is 0 Å².